The number of phenols is 1. The Morgan fingerprint density at radius 2 is 2.08 bits per heavy atom. The Kier molecular flexibility index (Phi) is 8.73. The molecule has 0 unspecified atom stereocenters. The molecule has 0 radical (unpaired) electrons. The molecule has 0 saturated carbocycles. The SMILES string of the molecule is COc1cc(/C=N\NC(=O)C(=O)NCCCOC(C)C)cc(Cl)c1O. The maximum Gasteiger partial charge on any atom is 0.329 e. The summed E-state index contributed by atoms with van der Waals surface area (Å²) < 4.78 is 10.3. The van der Waals surface area contributed by atoms with Gasteiger partial charge in [-0.15, -0.1) is 0 Å². The Labute approximate surface area is 151 Å². The van der Waals surface area contributed by atoms with Crippen molar-refractivity contribution >= 4 is 29.6 Å². The molecule has 0 aliphatic heterocycles. The van der Waals surface area contributed by atoms with Crippen molar-refractivity contribution in [3.63, 3.8) is 0 Å². The number of halogens is 1. The number of nitrogens with one attached hydrogen (secondary N) is 2. The van der Waals surface area contributed by atoms with Crippen molar-refractivity contribution in [2.75, 3.05) is 20.3 Å². The van der Waals surface area contributed by atoms with E-state index < -0.39 is 11.8 Å². The number of hydrogen-bond acceptors (Lipinski definition) is 6. The number of carbonyl (C=O) groups excluding carboxylic acids is 2. The summed E-state index contributed by atoms with van der Waals surface area (Å²) in [5, 5.41) is 15.8. The van der Waals surface area contributed by atoms with E-state index in [9.17, 15) is 14.7 Å². The van der Waals surface area contributed by atoms with E-state index in [0.29, 0.717) is 25.1 Å². The van der Waals surface area contributed by atoms with Crippen molar-refractivity contribution in [1.29, 1.82) is 0 Å². The first-order chi connectivity index (χ1) is 11.8. The van der Waals surface area contributed by atoms with Crippen LogP contribution in [0.15, 0.2) is 17.2 Å². The van der Waals surface area contributed by atoms with Crippen LogP contribution in [0.3, 0.4) is 0 Å². The number of carbonyl (C=O) groups is 2. The Morgan fingerprint density at radius 3 is 2.72 bits per heavy atom. The highest BCUT2D eigenvalue weighted by Crippen LogP contribution is 2.34. The summed E-state index contributed by atoms with van der Waals surface area (Å²) in [4.78, 5) is 23.2. The fourth-order valence-electron chi connectivity index (χ4n) is 1.71. The molecule has 138 valence electrons. The predicted molar refractivity (Wildman–Crippen MR) is 94.1 cm³/mol. The normalized spacial score (nSPS) is 10.9. The standard InChI is InChI=1S/C16H22ClN3O5/c1-10(2)25-6-4-5-18-15(22)16(23)20-19-9-11-7-12(17)14(21)13(8-11)24-3/h7-10,21H,4-6H2,1-3H3,(H,18,22)(H,20,23)/b19-9-. The zero-order valence-corrected chi connectivity index (χ0v) is 15.1. The van der Waals surface area contributed by atoms with Crippen LogP contribution >= 0.6 is 11.6 Å². The molecule has 1 aromatic rings. The lowest BCUT2D eigenvalue weighted by molar-refractivity contribution is -0.139. The first kappa shape index (κ1) is 20.7. The summed E-state index contributed by atoms with van der Waals surface area (Å²) in [6, 6.07) is 2.91. The smallest absolute Gasteiger partial charge is 0.329 e. The molecule has 0 bridgehead atoms. The van der Waals surface area contributed by atoms with Gasteiger partial charge < -0.3 is 19.9 Å². The fourth-order valence-corrected chi connectivity index (χ4v) is 1.93. The van der Waals surface area contributed by atoms with Gasteiger partial charge in [0.1, 0.15) is 0 Å². The van der Waals surface area contributed by atoms with Crippen LogP contribution in [-0.4, -0.2) is 49.5 Å². The summed E-state index contributed by atoms with van der Waals surface area (Å²) in [5.74, 6) is -1.70. The average molecular weight is 372 g/mol. The van der Waals surface area contributed by atoms with E-state index in [-0.39, 0.29) is 22.6 Å². The second-order valence-electron chi connectivity index (χ2n) is 5.28. The van der Waals surface area contributed by atoms with Crippen LogP contribution < -0.4 is 15.5 Å². The van der Waals surface area contributed by atoms with Crippen molar-refractivity contribution in [3.8, 4) is 11.5 Å². The molecule has 0 atom stereocenters. The van der Waals surface area contributed by atoms with Crippen molar-refractivity contribution in [1.82, 2.24) is 10.7 Å². The highest BCUT2D eigenvalue weighted by atomic mass is 35.5. The van der Waals surface area contributed by atoms with Gasteiger partial charge in [0, 0.05) is 13.2 Å². The minimum atomic E-state index is -0.891. The highest BCUT2D eigenvalue weighted by Gasteiger charge is 2.12. The average Bonchev–Trinajstić information content (AvgIpc) is 2.56. The topological polar surface area (TPSA) is 109 Å². The summed E-state index contributed by atoms with van der Waals surface area (Å²) in [5.41, 5.74) is 2.58. The van der Waals surface area contributed by atoms with Gasteiger partial charge >= 0.3 is 11.8 Å². The van der Waals surface area contributed by atoms with E-state index >= 15 is 0 Å². The fraction of sp³-hybridized carbons (Fsp3) is 0.438. The highest BCUT2D eigenvalue weighted by molar-refractivity contribution is 6.35. The third-order valence-corrected chi connectivity index (χ3v) is 3.20. The lowest BCUT2D eigenvalue weighted by Gasteiger charge is -2.07. The molecule has 1 rings (SSSR count). The zero-order valence-electron chi connectivity index (χ0n) is 14.3. The molecule has 0 heterocycles. The van der Waals surface area contributed by atoms with Gasteiger partial charge in [-0.25, -0.2) is 5.43 Å². The number of amides is 2. The van der Waals surface area contributed by atoms with Crippen LogP contribution in [0.4, 0.5) is 0 Å². The minimum Gasteiger partial charge on any atom is -0.503 e. The lowest BCUT2D eigenvalue weighted by atomic mass is 10.2. The van der Waals surface area contributed by atoms with E-state index in [1.165, 1.54) is 25.5 Å². The summed E-state index contributed by atoms with van der Waals surface area (Å²) in [6.45, 7) is 4.66. The van der Waals surface area contributed by atoms with E-state index in [1.807, 2.05) is 13.8 Å². The first-order valence-corrected chi connectivity index (χ1v) is 8.02. The molecule has 25 heavy (non-hydrogen) atoms. The van der Waals surface area contributed by atoms with E-state index in [1.54, 1.807) is 0 Å². The summed E-state index contributed by atoms with van der Waals surface area (Å²) in [6.07, 6.45) is 2.00. The van der Waals surface area contributed by atoms with Crippen LogP contribution in [0.5, 0.6) is 11.5 Å². The van der Waals surface area contributed by atoms with Gasteiger partial charge in [0.05, 0.1) is 24.5 Å². The molecule has 0 aromatic heterocycles. The third-order valence-electron chi connectivity index (χ3n) is 2.91. The molecule has 0 saturated heterocycles. The Morgan fingerprint density at radius 1 is 1.36 bits per heavy atom. The Bertz CT molecular complexity index is 634. The van der Waals surface area contributed by atoms with E-state index in [2.05, 4.69) is 15.8 Å². The second kappa shape index (κ2) is 10.5. The molecule has 0 fully saturated rings. The third kappa shape index (κ3) is 7.40. The second-order valence-corrected chi connectivity index (χ2v) is 5.69. The van der Waals surface area contributed by atoms with E-state index in [4.69, 9.17) is 21.1 Å². The zero-order chi connectivity index (χ0) is 18.8. The van der Waals surface area contributed by atoms with Crippen LogP contribution in [0.1, 0.15) is 25.8 Å². The van der Waals surface area contributed by atoms with Gasteiger partial charge in [-0.2, -0.15) is 5.10 Å². The number of hydrogen-bond donors (Lipinski definition) is 3. The van der Waals surface area contributed by atoms with Crippen molar-refractivity contribution < 1.29 is 24.2 Å². The van der Waals surface area contributed by atoms with Gasteiger partial charge in [-0.3, -0.25) is 9.59 Å². The largest absolute Gasteiger partial charge is 0.503 e. The van der Waals surface area contributed by atoms with Crippen LogP contribution in [0, 0.1) is 0 Å². The Balaban J connectivity index is 2.44. The molecule has 1 aromatic carbocycles. The number of rotatable bonds is 8. The predicted octanol–water partition coefficient (Wildman–Crippen LogP) is 1.44. The van der Waals surface area contributed by atoms with Crippen molar-refractivity contribution in [2.24, 2.45) is 5.10 Å². The van der Waals surface area contributed by atoms with Crippen LogP contribution in [0.2, 0.25) is 5.02 Å². The molecular weight excluding hydrogens is 350 g/mol. The number of methoxy groups -OCH3 is 1. The maximum absolute atomic E-state index is 11.6. The molecule has 8 nitrogen and oxygen atoms in total. The van der Waals surface area contributed by atoms with Crippen molar-refractivity contribution in [3.05, 3.63) is 22.7 Å². The number of aromatic hydroxyl groups is 1. The van der Waals surface area contributed by atoms with Gasteiger partial charge in [0.2, 0.25) is 0 Å². The molecule has 0 aliphatic carbocycles. The molecule has 0 spiro atoms. The molecule has 9 heteroatoms. The van der Waals surface area contributed by atoms with Crippen LogP contribution in [0.25, 0.3) is 0 Å². The quantitative estimate of drug-likeness (QED) is 0.277. The minimum absolute atomic E-state index is 0.0773. The first-order valence-electron chi connectivity index (χ1n) is 7.64. The monoisotopic (exact) mass is 371 g/mol. The van der Waals surface area contributed by atoms with Gasteiger partial charge in [0.15, 0.2) is 11.5 Å². The molecule has 0 aliphatic rings. The lowest BCUT2D eigenvalue weighted by Crippen LogP contribution is -2.38. The number of benzene rings is 1. The number of nitrogens with zero attached hydrogens (tertiary/aromatic N) is 1. The van der Waals surface area contributed by atoms with Crippen LogP contribution in [-0.2, 0) is 14.3 Å². The van der Waals surface area contributed by atoms with Gasteiger partial charge in [-0.05, 0) is 38.0 Å². The van der Waals surface area contributed by atoms with Gasteiger partial charge in [0.25, 0.3) is 0 Å². The van der Waals surface area contributed by atoms with Crippen molar-refractivity contribution in [2.45, 2.75) is 26.4 Å². The summed E-state index contributed by atoms with van der Waals surface area (Å²) in [7, 11) is 1.38. The number of hydrazone groups is 1. The summed E-state index contributed by atoms with van der Waals surface area (Å²) >= 11 is 5.84. The molecule has 3 N–H and O–H groups in total. The number of ether oxygens (including phenoxy) is 2. The molecular formula is C16H22ClN3O5. The van der Waals surface area contributed by atoms with Gasteiger partial charge in [-0.1, -0.05) is 11.6 Å². The van der Waals surface area contributed by atoms with E-state index in [0.717, 1.165) is 0 Å². The Hall–Kier alpha value is -2.32. The maximum atomic E-state index is 11.6. The number of phenolic OH excluding ortho intramolecular Hbond substituents is 1. The molecule has 2 amide bonds.